The molecule has 0 spiro atoms. The predicted molar refractivity (Wildman–Crippen MR) is 140 cm³/mol. The van der Waals surface area contributed by atoms with Crippen molar-refractivity contribution in [2.45, 2.75) is 51.3 Å². The molecule has 0 radical (unpaired) electrons. The van der Waals surface area contributed by atoms with Crippen molar-refractivity contribution in [2.24, 2.45) is 0 Å². The van der Waals surface area contributed by atoms with Gasteiger partial charge in [0, 0.05) is 39.1 Å². The van der Waals surface area contributed by atoms with Gasteiger partial charge in [0.05, 0.1) is 29.4 Å². The molecule has 0 saturated carbocycles. The zero-order valence-electron chi connectivity index (χ0n) is 21.7. The summed E-state index contributed by atoms with van der Waals surface area (Å²) in [5.74, 6) is 1.36. The Kier molecular flexibility index (Phi) is 8.63. The molecule has 1 aliphatic heterocycles. The third kappa shape index (κ3) is 5.71. The van der Waals surface area contributed by atoms with E-state index in [1.54, 1.807) is 17.5 Å². The van der Waals surface area contributed by atoms with Crippen molar-refractivity contribution >= 4 is 15.5 Å². The number of hydrogen-bond acceptors (Lipinski definition) is 8. The number of fused-ring (bicyclic) bond motifs is 1. The van der Waals surface area contributed by atoms with Crippen LogP contribution in [0.5, 0.6) is 5.75 Å². The van der Waals surface area contributed by atoms with Gasteiger partial charge < -0.3 is 14.8 Å². The number of rotatable bonds is 11. The summed E-state index contributed by atoms with van der Waals surface area (Å²) in [6, 6.07) is 4.66. The molecular formula is C25H36N6O5S. The predicted octanol–water partition coefficient (Wildman–Crippen LogP) is 1.82. The first kappa shape index (κ1) is 27.2. The van der Waals surface area contributed by atoms with E-state index in [0.717, 1.165) is 19.3 Å². The van der Waals surface area contributed by atoms with Crippen molar-refractivity contribution in [3.8, 4) is 17.1 Å². The van der Waals surface area contributed by atoms with Gasteiger partial charge in [-0.25, -0.2) is 17.9 Å². The quantitative estimate of drug-likeness (QED) is 0.357. The van der Waals surface area contributed by atoms with E-state index in [9.17, 15) is 13.2 Å². The van der Waals surface area contributed by atoms with Crippen LogP contribution in [0.15, 0.2) is 27.9 Å². The monoisotopic (exact) mass is 532 g/mol. The number of aliphatic hydroxyl groups excluding tert-OH is 1. The van der Waals surface area contributed by atoms with Gasteiger partial charge >= 0.3 is 0 Å². The topological polar surface area (TPSA) is 133 Å². The second kappa shape index (κ2) is 11.7. The number of hydrogen-bond donors (Lipinski definition) is 2. The van der Waals surface area contributed by atoms with Gasteiger partial charge in [0.15, 0.2) is 11.3 Å². The zero-order valence-corrected chi connectivity index (χ0v) is 22.6. The van der Waals surface area contributed by atoms with E-state index in [4.69, 9.17) is 14.9 Å². The fourth-order valence-corrected chi connectivity index (χ4v) is 6.12. The molecule has 3 aromatic rings. The third-order valence-corrected chi connectivity index (χ3v) is 8.53. The lowest BCUT2D eigenvalue weighted by Gasteiger charge is -2.33. The average molecular weight is 533 g/mol. The van der Waals surface area contributed by atoms with Crippen LogP contribution in [0.4, 0.5) is 0 Å². The van der Waals surface area contributed by atoms with Crippen molar-refractivity contribution in [1.29, 1.82) is 0 Å². The summed E-state index contributed by atoms with van der Waals surface area (Å²) < 4.78 is 35.8. The Morgan fingerprint density at radius 3 is 2.57 bits per heavy atom. The molecule has 2 aromatic heterocycles. The minimum Gasteiger partial charge on any atom is -0.493 e. The first-order valence-corrected chi connectivity index (χ1v) is 14.3. The van der Waals surface area contributed by atoms with Crippen LogP contribution >= 0.6 is 0 Å². The second-order valence-electron chi connectivity index (χ2n) is 9.19. The Balaban J connectivity index is 1.75. The summed E-state index contributed by atoms with van der Waals surface area (Å²) in [7, 11) is -3.78. The number of aryl methyl sites for hydroxylation is 2. The summed E-state index contributed by atoms with van der Waals surface area (Å²) >= 11 is 0. The number of aromatic nitrogens is 4. The van der Waals surface area contributed by atoms with Crippen LogP contribution in [0, 0.1) is 6.92 Å². The fourth-order valence-electron chi connectivity index (χ4n) is 4.67. The van der Waals surface area contributed by atoms with Crippen molar-refractivity contribution < 1.29 is 18.3 Å². The van der Waals surface area contributed by atoms with E-state index in [1.807, 2.05) is 11.8 Å². The summed E-state index contributed by atoms with van der Waals surface area (Å²) in [6.45, 7) is 8.46. The van der Waals surface area contributed by atoms with E-state index in [1.165, 1.54) is 16.4 Å². The molecule has 37 heavy (non-hydrogen) atoms. The van der Waals surface area contributed by atoms with Gasteiger partial charge in [-0.1, -0.05) is 19.8 Å². The molecule has 4 rings (SSSR count). The molecular weight excluding hydrogens is 496 g/mol. The molecule has 12 heteroatoms. The molecule has 1 aliphatic rings. The molecule has 202 valence electrons. The number of piperazine rings is 1. The van der Waals surface area contributed by atoms with E-state index in [-0.39, 0.29) is 22.9 Å². The maximum atomic E-state index is 13.5. The van der Waals surface area contributed by atoms with Gasteiger partial charge in [-0.05, 0) is 38.5 Å². The molecule has 1 saturated heterocycles. The molecule has 1 aromatic carbocycles. The molecule has 0 bridgehead atoms. The van der Waals surface area contributed by atoms with Crippen LogP contribution in [0.2, 0.25) is 0 Å². The molecule has 2 N–H and O–H groups in total. The van der Waals surface area contributed by atoms with E-state index in [0.29, 0.717) is 74.1 Å². The van der Waals surface area contributed by atoms with Gasteiger partial charge in [0.2, 0.25) is 10.0 Å². The van der Waals surface area contributed by atoms with Crippen LogP contribution in [-0.4, -0.2) is 88.2 Å². The Bertz CT molecular complexity index is 1390. The molecule has 0 aliphatic carbocycles. The lowest BCUT2D eigenvalue weighted by Crippen LogP contribution is -2.49. The Morgan fingerprint density at radius 1 is 1.14 bits per heavy atom. The van der Waals surface area contributed by atoms with E-state index < -0.39 is 10.0 Å². The lowest BCUT2D eigenvalue weighted by atomic mass is 10.2. The molecule has 0 unspecified atom stereocenters. The highest BCUT2D eigenvalue weighted by Gasteiger charge is 2.29. The summed E-state index contributed by atoms with van der Waals surface area (Å²) in [6.07, 6.45) is 3.74. The zero-order chi connectivity index (χ0) is 26.6. The first-order chi connectivity index (χ1) is 17.8. The number of ether oxygens (including phenoxy) is 1. The minimum absolute atomic E-state index is 0.0430. The average Bonchev–Trinajstić information content (AvgIpc) is 3.20. The number of unbranched alkanes of at least 4 members (excludes halogenated alkanes) is 2. The second-order valence-corrected chi connectivity index (χ2v) is 11.1. The largest absolute Gasteiger partial charge is 0.493 e. The van der Waals surface area contributed by atoms with Crippen LogP contribution in [0.1, 0.15) is 44.6 Å². The maximum absolute atomic E-state index is 13.5. The SMILES string of the molecule is CCCCCc1nc(C)c2c(=O)[nH]c(-c3cc(S(=O)(=O)N4CCN(CCO)CC4)ccc3OCC)nn12. The molecule has 3 heterocycles. The third-order valence-electron chi connectivity index (χ3n) is 6.64. The minimum atomic E-state index is -3.78. The lowest BCUT2D eigenvalue weighted by molar-refractivity contribution is 0.151. The smallest absolute Gasteiger partial charge is 0.277 e. The van der Waals surface area contributed by atoms with Crippen LogP contribution in [0.3, 0.4) is 0 Å². The molecule has 0 atom stereocenters. The molecule has 1 fully saturated rings. The van der Waals surface area contributed by atoms with Gasteiger partial charge in [-0.2, -0.15) is 4.31 Å². The fraction of sp³-hybridized carbons (Fsp3) is 0.560. The molecule has 0 amide bonds. The highest BCUT2D eigenvalue weighted by Crippen LogP contribution is 2.31. The summed E-state index contributed by atoms with van der Waals surface area (Å²) in [5, 5.41) is 13.9. The van der Waals surface area contributed by atoms with Crippen molar-refractivity contribution in [3.63, 3.8) is 0 Å². The normalized spacial score (nSPS) is 15.5. The van der Waals surface area contributed by atoms with Crippen LogP contribution in [-0.2, 0) is 16.4 Å². The summed E-state index contributed by atoms with van der Waals surface area (Å²) in [4.78, 5) is 22.6. The number of aliphatic hydroxyl groups is 1. The van der Waals surface area contributed by atoms with E-state index >= 15 is 0 Å². The number of benzene rings is 1. The number of β-amino-alcohol motifs (C(OH)–C–C–N with tert-alkyl or cyclic N) is 1. The number of nitrogens with zero attached hydrogens (tertiary/aromatic N) is 5. The van der Waals surface area contributed by atoms with Gasteiger partial charge in [-0.3, -0.25) is 9.69 Å². The Labute approximate surface area is 217 Å². The Morgan fingerprint density at radius 2 is 1.89 bits per heavy atom. The molecule has 11 nitrogen and oxygen atoms in total. The number of sulfonamides is 1. The maximum Gasteiger partial charge on any atom is 0.277 e. The number of H-pyrrole nitrogens is 1. The van der Waals surface area contributed by atoms with Gasteiger partial charge in [0.1, 0.15) is 11.6 Å². The Hall–Kier alpha value is -2.80. The number of imidazole rings is 1. The van der Waals surface area contributed by atoms with E-state index in [2.05, 4.69) is 16.9 Å². The van der Waals surface area contributed by atoms with Gasteiger partial charge in [0.25, 0.3) is 5.56 Å². The van der Waals surface area contributed by atoms with Crippen LogP contribution < -0.4 is 10.3 Å². The van der Waals surface area contributed by atoms with Crippen molar-refractivity contribution in [3.05, 3.63) is 40.1 Å². The van der Waals surface area contributed by atoms with Crippen molar-refractivity contribution in [2.75, 3.05) is 45.9 Å². The number of aromatic amines is 1. The van der Waals surface area contributed by atoms with Crippen LogP contribution in [0.25, 0.3) is 16.9 Å². The standard InChI is InChI=1S/C25H36N6O5S/c1-4-6-7-8-22-26-18(3)23-25(33)27-24(28-31(22)23)20-17-19(9-10-21(20)36-5-2)37(34,35)30-13-11-29(12-14-30)15-16-32/h9-10,17,32H,4-8,11-16H2,1-3H3,(H,27,28,33). The summed E-state index contributed by atoms with van der Waals surface area (Å²) in [5.41, 5.74) is 1.05. The first-order valence-electron chi connectivity index (χ1n) is 12.9. The highest BCUT2D eigenvalue weighted by molar-refractivity contribution is 7.89. The highest BCUT2D eigenvalue weighted by atomic mass is 32.2. The number of nitrogens with one attached hydrogen (secondary N) is 1. The van der Waals surface area contributed by atoms with Gasteiger partial charge in [-0.15, -0.1) is 5.10 Å². The van der Waals surface area contributed by atoms with Crippen molar-refractivity contribution in [1.82, 2.24) is 28.8 Å².